The maximum atomic E-state index is 12.3. The van der Waals surface area contributed by atoms with Crippen LogP contribution in [0.2, 0.25) is 0 Å². The van der Waals surface area contributed by atoms with Gasteiger partial charge in [0, 0.05) is 27.2 Å². The maximum absolute atomic E-state index is 12.3. The van der Waals surface area contributed by atoms with E-state index in [9.17, 15) is 14.4 Å². The van der Waals surface area contributed by atoms with Gasteiger partial charge in [0.15, 0.2) is 0 Å². The molecule has 0 saturated heterocycles. The zero-order valence-electron chi connectivity index (χ0n) is 14.6. The predicted molar refractivity (Wildman–Crippen MR) is 78.4 cm³/mol. The summed E-state index contributed by atoms with van der Waals surface area (Å²) in [6, 6.07) is 0. The molecule has 10 heteroatoms. The van der Waals surface area contributed by atoms with Gasteiger partial charge in [-0.2, -0.15) is 0 Å². The average molecular weight is 358 g/mol. The van der Waals surface area contributed by atoms with Crippen molar-refractivity contribution in [1.29, 1.82) is 0 Å². The Labute approximate surface area is 143 Å². The Balaban J connectivity index is 3.80. The highest BCUT2D eigenvalue weighted by Crippen LogP contribution is 2.45. The molecule has 138 valence electrons. The number of hydrogen-bond donors (Lipinski definition) is 0. The van der Waals surface area contributed by atoms with Crippen LogP contribution in [-0.2, 0) is 47.5 Å². The summed E-state index contributed by atoms with van der Waals surface area (Å²) in [6.07, 6.45) is 0. The van der Waals surface area contributed by atoms with E-state index in [2.05, 4.69) is 26.1 Å². The highest BCUT2D eigenvalue weighted by Gasteiger charge is 2.63. The lowest BCUT2D eigenvalue weighted by molar-refractivity contribution is -0.376. The quantitative estimate of drug-likeness (QED) is 0.202. The Hall–Kier alpha value is -2.45. The van der Waals surface area contributed by atoms with Gasteiger partial charge in [-0.25, -0.2) is 14.4 Å². The topological polar surface area (TPSA) is 116 Å². The van der Waals surface area contributed by atoms with Crippen LogP contribution < -0.4 is 0 Å². The third kappa shape index (κ3) is 3.49. The summed E-state index contributed by atoms with van der Waals surface area (Å²) in [5.41, 5.74) is -0.975. The molecule has 0 N–H and O–H groups in total. The summed E-state index contributed by atoms with van der Waals surface area (Å²) in [5, 5.41) is 0. The zero-order chi connectivity index (χ0) is 19.3. The summed E-state index contributed by atoms with van der Waals surface area (Å²) < 4.78 is 34.7. The van der Waals surface area contributed by atoms with E-state index in [1.165, 1.54) is 0 Å². The number of hydrogen-bond acceptors (Lipinski definition) is 10. The van der Waals surface area contributed by atoms with Crippen LogP contribution >= 0.6 is 0 Å². The van der Waals surface area contributed by atoms with E-state index in [4.69, 9.17) is 18.9 Å². The number of esters is 3. The Bertz CT molecular complexity index is 649. The van der Waals surface area contributed by atoms with Crippen LogP contribution in [-0.4, -0.2) is 72.3 Å². The number of ether oxygens (including phenoxy) is 7. The van der Waals surface area contributed by atoms with Gasteiger partial charge >= 0.3 is 23.9 Å². The second kappa shape index (κ2) is 8.09. The normalized spacial score (nSPS) is 21.2. The van der Waals surface area contributed by atoms with E-state index in [1.54, 1.807) is 0 Å². The van der Waals surface area contributed by atoms with Crippen molar-refractivity contribution in [2.24, 2.45) is 0 Å². The molecule has 10 nitrogen and oxygen atoms in total. The number of carbonyl (C=O) groups is 3. The molecule has 1 unspecified atom stereocenters. The van der Waals surface area contributed by atoms with E-state index >= 15 is 0 Å². The molecule has 0 aromatic rings. The Morgan fingerprint density at radius 2 is 1.32 bits per heavy atom. The van der Waals surface area contributed by atoms with Crippen molar-refractivity contribution in [3.05, 3.63) is 11.1 Å². The third-order valence-electron chi connectivity index (χ3n) is 3.28. The Morgan fingerprint density at radius 1 is 0.800 bits per heavy atom. The number of methoxy groups -OCH3 is 6. The standard InChI is InChI=1S/C15H18O10/c1-19-9(16)7-8-14(22-4)10(12(17)20-2)11(13(18)21-3)15(23-5,24-6)25-14/h1-6H3. The first-order valence-corrected chi connectivity index (χ1v) is 6.69. The van der Waals surface area contributed by atoms with E-state index < -0.39 is 40.8 Å². The largest absolute Gasteiger partial charge is 0.465 e. The molecule has 1 rings (SSSR count). The molecule has 0 radical (unpaired) electrons. The van der Waals surface area contributed by atoms with Crippen molar-refractivity contribution in [1.82, 2.24) is 0 Å². The molecular weight excluding hydrogens is 340 g/mol. The molecule has 1 heterocycles. The molecule has 1 aliphatic rings. The van der Waals surface area contributed by atoms with Crippen molar-refractivity contribution < 1.29 is 47.5 Å². The van der Waals surface area contributed by atoms with Crippen LogP contribution in [0.15, 0.2) is 11.1 Å². The molecule has 25 heavy (non-hydrogen) atoms. The van der Waals surface area contributed by atoms with Crippen LogP contribution in [0.5, 0.6) is 0 Å². The lowest BCUT2D eigenvalue weighted by atomic mass is 10.0. The number of carbonyl (C=O) groups excluding carboxylic acids is 3. The summed E-state index contributed by atoms with van der Waals surface area (Å²) in [7, 11) is 6.69. The van der Waals surface area contributed by atoms with Crippen molar-refractivity contribution in [3.63, 3.8) is 0 Å². The second-order valence-electron chi connectivity index (χ2n) is 4.36. The predicted octanol–water partition coefficient (Wildman–Crippen LogP) is -0.875. The minimum Gasteiger partial charge on any atom is -0.465 e. The van der Waals surface area contributed by atoms with E-state index in [-0.39, 0.29) is 0 Å². The fourth-order valence-corrected chi connectivity index (χ4v) is 2.11. The molecule has 1 aliphatic heterocycles. The molecule has 1 atom stereocenters. The second-order valence-corrected chi connectivity index (χ2v) is 4.36. The fourth-order valence-electron chi connectivity index (χ4n) is 2.11. The van der Waals surface area contributed by atoms with E-state index in [0.29, 0.717) is 0 Å². The van der Waals surface area contributed by atoms with Gasteiger partial charge in [0.2, 0.25) is 0 Å². The summed E-state index contributed by atoms with van der Waals surface area (Å²) in [6.45, 7) is 0. The third-order valence-corrected chi connectivity index (χ3v) is 3.28. The van der Waals surface area contributed by atoms with Gasteiger partial charge in [-0.1, -0.05) is 0 Å². The van der Waals surface area contributed by atoms with Crippen LogP contribution in [0.25, 0.3) is 0 Å². The maximum Gasteiger partial charge on any atom is 0.384 e. The van der Waals surface area contributed by atoms with Crippen molar-refractivity contribution in [2.75, 3.05) is 42.7 Å². The Morgan fingerprint density at radius 3 is 1.72 bits per heavy atom. The summed E-state index contributed by atoms with van der Waals surface area (Å²) in [4.78, 5) is 35.9. The van der Waals surface area contributed by atoms with Gasteiger partial charge < -0.3 is 28.4 Å². The van der Waals surface area contributed by atoms with Gasteiger partial charge in [-0.15, -0.1) is 0 Å². The van der Waals surface area contributed by atoms with Gasteiger partial charge in [0.25, 0.3) is 5.79 Å². The molecule has 0 bridgehead atoms. The van der Waals surface area contributed by atoms with Crippen LogP contribution in [0.3, 0.4) is 0 Å². The van der Waals surface area contributed by atoms with Crippen molar-refractivity contribution >= 4 is 17.9 Å². The van der Waals surface area contributed by atoms with Crippen molar-refractivity contribution in [2.45, 2.75) is 11.8 Å². The molecular formula is C15H18O10. The SMILES string of the molecule is COC(=O)C#CC1(OC)OC(OC)(OC)C(C(=O)OC)=C1C(=O)OC. The molecule has 0 aromatic carbocycles. The molecule has 0 fully saturated rings. The summed E-state index contributed by atoms with van der Waals surface area (Å²) >= 11 is 0. The minimum atomic E-state index is -2.21. The highest BCUT2D eigenvalue weighted by atomic mass is 16.9. The zero-order valence-corrected chi connectivity index (χ0v) is 14.6. The molecule has 0 aromatic heterocycles. The minimum absolute atomic E-state index is 0.479. The molecule has 0 amide bonds. The van der Waals surface area contributed by atoms with Gasteiger partial charge in [0.05, 0.1) is 21.3 Å². The van der Waals surface area contributed by atoms with Gasteiger partial charge in [0.1, 0.15) is 11.1 Å². The lowest BCUT2D eigenvalue weighted by Crippen LogP contribution is -2.44. The van der Waals surface area contributed by atoms with Gasteiger partial charge in [-0.3, -0.25) is 4.74 Å². The monoisotopic (exact) mass is 358 g/mol. The fraction of sp³-hybridized carbons (Fsp3) is 0.533. The number of rotatable bonds is 5. The van der Waals surface area contributed by atoms with E-state index in [1.807, 2.05) is 0 Å². The first-order valence-electron chi connectivity index (χ1n) is 6.69. The average Bonchev–Trinajstić information content (AvgIpc) is 2.96. The van der Waals surface area contributed by atoms with Crippen LogP contribution in [0.1, 0.15) is 0 Å². The highest BCUT2D eigenvalue weighted by molar-refractivity contribution is 6.04. The smallest absolute Gasteiger partial charge is 0.384 e. The van der Waals surface area contributed by atoms with Crippen LogP contribution in [0.4, 0.5) is 0 Å². The molecule has 0 aliphatic carbocycles. The Kier molecular flexibility index (Phi) is 6.66. The van der Waals surface area contributed by atoms with Gasteiger partial charge in [-0.05, 0) is 5.92 Å². The first-order chi connectivity index (χ1) is 11.8. The first kappa shape index (κ1) is 20.6. The van der Waals surface area contributed by atoms with Crippen LogP contribution in [0, 0.1) is 11.8 Å². The van der Waals surface area contributed by atoms with Crippen molar-refractivity contribution in [3.8, 4) is 11.8 Å². The lowest BCUT2D eigenvalue weighted by Gasteiger charge is -2.30. The molecule has 0 spiro atoms. The summed E-state index contributed by atoms with van der Waals surface area (Å²) in [5.74, 6) is -3.00. The van der Waals surface area contributed by atoms with E-state index in [0.717, 1.165) is 42.7 Å². The molecule has 0 saturated carbocycles.